The number of carbonyl (C=O) groups is 1. The highest BCUT2D eigenvalue weighted by molar-refractivity contribution is 7.89. The first-order chi connectivity index (χ1) is 11.3. The second-order valence-electron chi connectivity index (χ2n) is 5.31. The van der Waals surface area contributed by atoms with Crippen molar-refractivity contribution in [1.82, 2.24) is 0 Å². The Morgan fingerprint density at radius 2 is 1.92 bits per heavy atom. The van der Waals surface area contributed by atoms with E-state index in [-0.39, 0.29) is 17.7 Å². The fraction of sp³-hybridized carbons (Fsp3) is 0.0625. The van der Waals surface area contributed by atoms with Crippen LogP contribution in [0.15, 0.2) is 53.1 Å². The van der Waals surface area contributed by atoms with Gasteiger partial charge < -0.3 is 10.4 Å². The summed E-state index contributed by atoms with van der Waals surface area (Å²) in [6.45, 7) is 0. The zero-order chi connectivity index (χ0) is 17.5. The van der Waals surface area contributed by atoms with Crippen molar-refractivity contribution in [2.45, 2.75) is 11.3 Å². The number of sulfonamides is 1. The first-order valence-electron chi connectivity index (χ1n) is 6.91. The van der Waals surface area contributed by atoms with Crippen molar-refractivity contribution < 1.29 is 22.7 Å². The van der Waals surface area contributed by atoms with E-state index in [1.54, 1.807) is 12.1 Å². The maximum Gasteiger partial charge on any atom is 0.352 e. The minimum absolute atomic E-state index is 0.0727. The number of primary sulfonamides is 1. The molecule has 1 heterocycles. The van der Waals surface area contributed by atoms with E-state index in [1.165, 1.54) is 6.07 Å². The number of hydrogen-bond acceptors (Lipinski definition) is 4. The molecule has 0 saturated heterocycles. The SMILES string of the molecule is NS(=O)(=O)c1ccc(C2=C(C(=O)O)Nc3ccccc3C2)cc1F. The molecule has 2 aromatic carbocycles. The third kappa shape index (κ3) is 2.89. The molecule has 0 aliphatic carbocycles. The lowest BCUT2D eigenvalue weighted by atomic mass is 9.92. The van der Waals surface area contributed by atoms with E-state index in [4.69, 9.17) is 5.14 Å². The molecule has 2 aromatic rings. The molecule has 0 aromatic heterocycles. The van der Waals surface area contributed by atoms with Crippen LogP contribution in [0.4, 0.5) is 10.1 Å². The quantitative estimate of drug-likeness (QED) is 0.785. The predicted molar refractivity (Wildman–Crippen MR) is 86.1 cm³/mol. The number of nitrogens with one attached hydrogen (secondary N) is 1. The predicted octanol–water partition coefficient (Wildman–Crippen LogP) is 1.94. The lowest BCUT2D eigenvalue weighted by Gasteiger charge is -2.23. The maximum absolute atomic E-state index is 14.1. The van der Waals surface area contributed by atoms with Crippen molar-refractivity contribution in [2.24, 2.45) is 5.14 Å². The molecular formula is C16H13FN2O4S. The van der Waals surface area contributed by atoms with E-state index in [2.05, 4.69) is 5.32 Å². The van der Waals surface area contributed by atoms with Crippen LogP contribution in [0.1, 0.15) is 11.1 Å². The summed E-state index contributed by atoms with van der Waals surface area (Å²) in [5.74, 6) is -2.21. The first kappa shape index (κ1) is 16.2. The number of carboxylic acids is 1. The normalized spacial score (nSPS) is 14.1. The third-order valence-corrected chi connectivity index (χ3v) is 4.69. The van der Waals surface area contributed by atoms with Crippen molar-refractivity contribution in [3.8, 4) is 0 Å². The summed E-state index contributed by atoms with van der Waals surface area (Å²) in [6.07, 6.45) is 0.277. The first-order valence-corrected chi connectivity index (χ1v) is 8.46. The average molecular weight is 348 g/mol. The number of anilines is 1. The van der Waals surface area contributed by atoms with Gasteiger partial charge in [-0.3, -0.25) is 0 Å². The zero-order valence-electron chi connectivity index (χ0n) is 12.3. The van der Waals surface area contributed by atoms with E-state index in [0.717, 1.165) is 17.7 Å². The van der Waals surface area contributed by atoms with Crippen molar-refractivity contribution in [2.75, 3.05) is 5.32 Å². The topological polar surface area (TPSA) is 109 Å². The van der Waals surface area contributed by atoms with Gasteiger partial charge >= 0.3 is 5.97 Å². The van der Waals surface area contributed by atoms with Crippen LogP contribution in [0.25, 0.3) is 5.57 Å². The summed E-state index contributed by atoms with van der Waals surface area (Å²) in [5, 5.41) is 17.2. The molecule has 0 fully saturated rings. The lowest BCUT2D eigenvalue weighted by Crippen LogP contribution is -2.19. The summed E-state index contributed by atoms with van der Waals surface area (Å²) in [4.78, 5) is 10.9. The molecule has 0 radical (unpaired) electrons. The Morgan fingerprint density at radius 3 is 2.54 bits per heavy atom. The number of benzene rings is 2. The Morgan fingerprint density at radius 1 is 1.21 bits per heavy atom. The summed E-state index contributed by atoms with van der Waals surface area (Å²) in [5.41, 5.74) is 2.09. The van der Waals surface area contributed by atoms with Gasteiger partial charge in [0.15, 0.2) is 0 Å². The van der Waals surface area contributed by atoms with Crippen LogP contribution in [0.3, 0.4) is 0 Å². The molecule has 3 rings (SSSR count). The van der Waals surface area contributed by atoms with Gasteiger partial charge in [-0.15, -0.1) is 0 Å². The summed E-state index contributed by atoms with van der Waals surface area (Å²) < 4.78 is 36.7. The Kier molecular flexibility index (Phi) is 3.86. The number of rotatable bonds is 3. The van der Waals surface area contributed by atoms with Gasteiger partial charge in [-0.05, 0) is 34.9 Å². The van der Waals surface area contributed by atoms with Crippen LogP contribution in [0.5, 0.6) is 0 Å². The van der Waals surface area contributed by atoms with Gasteiger partial charge in [0.2, 0.25) is 10.0 Å². The molecule has 1 aliphatic rings. The minimum Gasteiger partial charge on any atom is -0.477 e. The van der Waals surface area contributed by atoms with Crippen molar-refractivity contribution >= 4 is 27.3 Å². The van der Waals surface area contributed by atoms with Crippen LogP contribution in [-0.2, 0) is 21.2 Å². The largest absolute Gasteiger partial charge is 0.477 e. The molecule has 0 amide bonds. The highest BCUT2D eigenvalue weighted by Crippen LogP contribution is 2.33. The monoisotopic (exact) mass is 348 g/mol. The number of aliphatic carboxylic acids is 1. The molecule has 8 heteroatoms. The van der Waals surface area contributed by atoms with Crippen molar-refractivity contribution in [1.29, 1.82) is 0 Å². The number of para-hydroxylation sites is 1. The highest BCUT2D eigenvalue weighted by atomic mass is 32.2. The fourth-order valence-corrected chi connectivity index (χ4v) is 3.22. The Labute approximate surface area is 137 Å². The van der Waals surface area contributed by atoms with Gasteiger partial charge in [-0.2, -0.15) is 0 Å². The molecular weight excluding hydrogens is 335 g/mol. The van der Waals surface area contributed by atoms with Gasteiger partial charge in [0.25, 0.3) is 0 Å². The van der Waals surface area contributed by atoms with Crippen molar-refractivity contribution in [3.63, 3.8) is 0 Å². The average Bonchev–Trinajstić information content (AvgIpc) is 2.52. The number of allylic oxidation sites excluding steroid dienone is 1. The van der Waals surface area contributed by atoms with E-state index in [1.807, 2.05) is 12.1 Å². The lowest BCUT2D eigenvalue weighted by molar-refractivity contribution is -0.132. The smallest absolute Gasteiger partial charge is 0.352 e. The molecule has 24 heavy (non-hydrogen) atoms. The fourth-order valence-electron chi connectivity index (χ4n) is 2.63. The number of halogens is 1. The summed E-state index contributed by atoms with van der Waals surface area (Å²) in [6, 6.07) is 10.5. The van der Waals surface area contributed by atoms with Gasteiger partial charge in [0.1, 0.15) is 16.4 Å². The van der Waals surface area contributed by atoms with E-state index >= 15 is 0 Å². The number of carboxylic acid groups (broad SMARTS) is 1. The Hall–Kier alpha value is -2.71. The molecule has 0 bridgehead atoms. The molecule has 0 spiro atoms. The molecule has 124 valence electrons. The highest BCUT2D eigenvalue weighted by Gasteiger charge is 2.24. The summed E-state index contributed by atoms with van der Waals surface area (Å²) >= 11 is 0. The van der Waals surface area contributed by atoms with Crippen LogP contribution in [-0.4, -0.2) is 19.5 Å². The van der Waals surface area contributed by atoms with E-state index in [9.17, 15) is 22.7 Å². The maximum atomic E-state index is 14.1. The van der Waals surface area contributed by atoms with E-state index in [0.29, 0.717) is 11.3 Å². The minimum atomic E-state index is -4.18. The van der Waals surface area contributed by atoms with Crippen LogP contribution >= 0.6 is 0 Å². The summed E-state index contributed by atoms with van der Waals surface area (Å²) in [7, 11) is -4.18. The van der Waals surface area contributed by atoms with Crippen LogP contribution in [0.2, 0.25) is 0 Å². The molecule has 0 saturated carbocycles. The Balaban J connectivity index is 2.13. The molecule has 0 atom stereocenters. The van der Waals surface area contributed by atoms with Gasteiger partial charge in [0, 0.05) is 12.1 Å². The molecule has 1 aliphatic heterocycles. The van der Waals surface area contributed by atoms with Gasteiger partial charge in [0.05, 0.1) is 0 Å². The zero-order valence-corrected chi connectivity index (χ0v) is 13.1. The molecule has 0 unspecified atom stereocenters. The van der Waals surface area contributed by atoms with Gasteiger partial charge in [-0.25, -0.2) is 22.7 Å². The second kappa shape index (κ2) is 5.73. The number of fused-ring (bicyclic) bond motifs is 1. The number of hydrogen-bond donors (Lipinski definition) is 3. The molecule has 6 nitrogen and oxygen atoms in total. The standard InChI is InChI=1S/C16H13FN2O4S/c17-12-8-9(5-6-14(12)24(18,22)23)11-7-10-3-1-2-4-13(10)19-15(11)16(20)21/h1-6,8,19H,7H2,(H,20,21)(H2,18,22,23). The van der Waals surface area contributed by atoms with Gasteiger partial charge in [-0.1, -0.05) is 24.3 Å². The van der Waals surface area contributed by atoms with E-state index < -0.39 is 26.7 Å². The molecule has 4 N–H and O–H groups in total. The van der Waals surface area contributed by atoms with Crippen molar-refractivity contribution in [3.05, 3.63) is 65.1 Å². The Bertz CT molecular complexity index is 983. The number of nitrogens with two attached hydrogens (primary N) is 1. The second-order valence-corrected chi connectivity index (χ2v) is 6.84. The van der Waals surface area contributed by atoms with Crippen LogP contribution < -0.4 is 10.5 Å². The third-order valence-electron chi connectivity index (χ3n) is 3.75. The van der Waals surface area contributed by atoms with Crippen LogP contribution in [0, 0.1) is 5.82 Å².